The Balaban J connectivity index is 2.54. The van der Waals surface area contributed by atoms with Gasteiger partial charge < -0.3 is 10.4 Å². The van der Waals surface area contributed by atoms with E-state index in [9.17, 15) is 4.79 Å². The highest BCUT2D eigenvalue weighted by Crippen LogP contribution is 2.08. The number of piperazine rings is 1. The lowest BCUT2D eigenvalue weighted by Gasteiger charge is -2.33. The zero-order valence-corrected chi connectivity index (χ0v) is 8.62. The van der Waals surface area contributed by atoms with Crippen molar-refractivity contribution in [2.24, 2.45) is 0 Å². The van der Waals surface area contributed by atoms with Crippen LogP contribution in [0.3, 0.4) is 0 Å². The molecule has 0 aromatic rings. The highest BCUT2D eigenvalue weighted by Gasteiger charge is 2.27. The molecule has 1 rings (SSSR count). The number of rotatable bonds is 4. The van der Waals surface area contributed by atoms with E-state index in [0.29, 0.717) is 13.1 Å². The van der Waals surface area contributed by atoms with Gasteiger partial charge in [-0.05, 0) is 6.42 Å². The molecule has 4 heteroatoms. The summed E-state index contributed by atoms with van der Waals surface area (Å²) in [6, 6.07) is -0.396. The number of hydrogen-bond acceptors (Lipinski definition) is 3. The summed E-state index contributed by atoms with van der Waals surface area (Å²) in [5.41, 5.74) is 1.10. The molecule has 0 aromatic carbocycles. The Labute approximate surface area is 84.6 Å². The van der Waals surface area contributed by atoms with Crippen molar-refractivity contribution >= 4 is 5.97 Å². The second kappa shape index (κ2) is 5.12. The third-order valence-electron chi connectivity index (χ3n) is 2.57. The average molecular weight is 198 g/mol. The number of nitrogens with one attached hydrogen (secondary N) is 1. The Hall–Kier alpha value is -0.870. The molecule has 80 valence electrons. The maximum Gasteiger partial charge on any atom is 0.322 e. The lowest BCUT2D eigenvalue weighted by molar-refractivity contribution is -0.143. The first-order valence-corrected chi connectivity index (χ1v) is 4.99. The SMILES string of the molecule is C=C(CC)CN1CCNCC1C(=O)O. The standard InChI is InChI=1S/C10H18N2O2/c1-3-8(2)7-12-5-4-11-6-9(12)10(13)14/h9,11H,2-7H2,1H3,(H,13,14). The zero-order valence-electron chi connectivity index (χ0n) is 8.62. The van der Waals surface area contributed by atoms with Gasteiger partial charge in [-0.3, -0.25) is 9.69 Å². The van der Waals surface area contributed by atoms with Crippen LogP contribution in [0.5, 0.6) is 0 Å². The van der Waals surface area contributed by atoms with Gasteiger partial charge in [-0.15, -0.1) is 0 Å². The van der Waals surface area contributed by atoms with Gasteiger partial charge in [0, 0.05) is 26.2 Å². The molecule has 0 radical (unpaired) electrons. The van der Waals surface area contributed by atoms with Crippen molar-refractivity contribution in [2.45, 2.75) is 19.4 Å². The molecule has 1 aliphatic heterocycles. The summed E-state index contributed by atoms with van der Waals surface area (Å²) < 4.78 is 0. The Bertz CT molecular complexity index is 228. The number of aliphatic carboxylic acids is 1. The summed E-state index contributed by atoms with van der Waals surface area (Å²) in [5, 5.41) is 12.1. The number of hydrogen-bond donors (Lipinski definition) is 2. The molecular weight excluding hydrogens is 180 g/mol. The van der Waals surface area contributed by atoms with E-state index in [1.807, 2.05) is 11.8 Å². The van der Waals surface area contributed by atoms with Gasteiger partial charge in [0.1, 0.15) is 6.04 Å². The molecule has 0 saturated carbocycles. The summed E-state index contributed by atoms with van der Waals surface area (Å²) in [5.74, 6) is -0.749. The third-order valence-corrected chi connectivity index (χ3v) is 2.57. The molecule has 2 N–H and O–H groups in total. The highest BCUT2D eigenvalue weighted by molar-refractivity contribution is 5.74. The van der Waals surface area contributed by atoms with Crippen LogP contribution in [0.1, 0.15) is 13.3 Å². The molecule has 1 saturated heterocycles. The molecule has 0 amide bonds. The molecule has 1 atom stereocenters. The van der Waals surface area contributed by atoms with Crippen LogP contribution in [0.4, 0.5) is 0 Å². The molecule has 14 heavy (non-hydrogen) atoms. The van der Waals surface area contributed by atoms with Crippen LogP contribution >= 0.6 is 0 Å². The lowest BCUT2D eigenvalue weighted by Crippen LogP contribution is -2.55. The topological polar surface area (TPSA) is 52.6 Å². The van der Waals surface area contributed by atoms with Crippen LogP contribution in [0.2, 0.25) is 0 Å². The van der Waals surface area contributed by atoms with Gasteiger partial charge in [-0.25, -0.2) is 0 Å². The van der Waals surface area contributed by atoms with Crippen LogP contribution in [0.15, 0.2) is 12.2 Å². The smallest absolute Gasteiger partial charge is 0.322 e. The molecule has 0 spiro atoms. The lowest BCUT2D eigenvalue weighted by atomic mass is 10.1. The third kappa shape index (κ3) is 2.82. The fraction of sp³-hybridized carbons (Fsp3) is 0.700. The van der Waals surface area contributed by atoms with Gasteiger partial charge in [0.15, 0.2) is 0 Å². The summed E-state index contributed by atoms with van der Waals surface area (Å²) in [4.78, 5) is 12.9. The molecule has 1 fully saturated rings. The van der Waals surface area contributed by atoms with Crippen molar-refractivity contribution in [3.8, 4) is 0 Å². The Morgan fingerprint density at radius 1 is 1.71 bits per heavy atom. The Morgan fingerprint density at radius 2 is 2.43 bits per heavy atom. The van der Waals surface area contributed by atoms with E-state index in [2.05, 4.69) is 11.9 Å². The Kier molecular flexibility index (Phi) is 4.10. The van der Waals surface area contributed by atoms with Gasteiger partial charge in [-0.1, -0.05) is 19.1 Å². The molecule has 0 aliphatic carbocycles. The van der Waals surface area contributed by atoms with Crippen LogP contribution in [-0.4, -0.2) is 48.2 Å². The van der Waals surface area contributed by atoms with Crippen molar-refractivity contribution in [1.82, 2.24) is 10.2 Å². The second-order valence-corrected chi connectivity index (χ2v) is 3.63. The van der Waals surface area contributed by atoms with Gasteiger partial charge in [0.25, 0.3) is 0 Å². The van der Waals surface area contributed by atoms with E-state index < -0.39 is 12.0 Å². The summed E-state index contributed by atoms with van der Waals surface area (Å²) in [7, 11) is 0. The fourth-order valence-corrected chi connectivity index (χ4v) is 1.58. The maximum atomic E-state index is 10.9. The highest BCUT2D eigenvalue weighted by atomic mass is 16.4. The molecular formula is C10H18N2O2. The van der Waals surface area contributed by atoms with Crippen molar-refractivity contribution in [3.05, 3.63) is 12.2 Å². The minimum Gasteiger partial charge on any atom is -0.480 e. The molecule has 1 aliphatic rings. The molecule has 4 nitrogen and oxygen atoms in total. The van der Waals surface area contributed by atoms with Crippen molar-refractivity contribution in [2.75, 3.05) is 26.2 Å². The van der Waals surface area contributed by atoms with E-state index >= 15 is 0 Å². The van der Waals surface area contributed by atoms with Crippen LogP contribution in [0.25, 0.3) is 0 Å². The molecule has 0 bridgehead atoms. The van der Waals surface area contributed by atoms with Crippen LogP contribution in [0, 0.1) is 0 Å². The minimum absolute atomic E-state index is 0.396. The molecule has 0 aromatic heterocycles. The number of carboxylic acids is 1. The van der Waals surface area contributed by atoms with E-state index in [0.717, 1.165) is 25.1 Å². The Morgan fingerprint density at radius 3 is 3.00 bits per heavy atom. The maximum absolute atomic E-state index is 10.9. The summed E-state index contributed by atoms with van der Waals surface area (Å²) in [6.45, 7) is 8.84. The van der Waals surface area contributed by atoms with Gasteiger partial charge in [-0.2, -0.15) is 0 Å². The first-order chi connectivity index (χ1) is 6.65. The largest absolute Gasteiger partial charge is 0.480 e. The predicted octanol–water partition coefficient (Wildman–Crippen LogP) is 0.311. The monoisotopic (exact) mass is 198 g/mol. The van der Waals surface area contributed by atoms with Gasteiger partial charge in [0.05, 0.1) is 0 Å². The summed E-state index contributed by atoms with van der Waals surface area (Å²) in [6.07, 6.45) is 0.913. The molecule has 1 heterocycles. The average Bonchev–Trinajstić information content (AvgIpc) is 2.18. The normalized spacial score (nSPS) is 23.4. The number of nitrogens with zero attached hydrogens (tertiary/aromatic N) is 1. The van der Waals surface area contributed by atoms with Crippen LogP contribution in [-0.2, 0) is 4.79 Å². The van der Waals surface area contributed by atoms with E-state index in [-0.39, 0.29) is 0 Å². The van der Waals surface area contributed by atoms with Crippen molar-refractivity contribution < 1.29 is 9.90 Å². The summed E-state index contributed by atoms with van der Waals surface area (Å²) >= 11 is 0. The zero-order chi connectivity index (χ0) is 10.6. The minimum atomic E-state index is -0.749. The van der Waals surface area contributed by atoms with E-state index in [1.54, 1.807) is 0 Å². The predicted molar refractivity (Wildman–Crippen MR) is 55.3 cm³/mol. The quantitative estimate of drug-likeness (QED) is 0.638. The first kappa shape index (κ1) is 11.2. The van der Waals surface area contributed by atoms with Crippen molar-refractivity contribution in [3.63, 3.8) is 0 Å². The van der Waals surface area contributed by atoms with E-state index in [4.69, 9.17) is 5.11 Å². The van der Waals surface area contributed by atoms with E-state index in [1.165, 1.54) is 0 Å². The second-order valence-electron chi connectivity index (χ2n) is 3.63. The van der Waals surface area contributed by atoms with Crippen molar-refractivity contribution in [1.29, 1.82) is 0 Å². The number of carboxylic acid groups (broad SMARTS) is 1. The van der Waals surface area contributed by atoms with Crippen LogP contribution < -0.4 is 5.32 Å². The first-order valence-electron chi connectivity index (χ1n) is 4.99. The fourth-order valence-electron chi connectivity index (χ4n) is 1.58. The van der Waals surface area contributed by atoms with Gasteiger partial charge >= 0.3 is 5.97 Å². The molecule has 1 unspecified atom stereocenters. The number of carbonyl (C=O) groups is 1. The van der Waals surface area contributed by atoms with Gasteiger partial charge in [0.2, 0.25) is 0 Å².